The highest BCUT2D eigenvalue weighted by Gasteiger charge is 2.22. The zero-order valence-electron chi connectivity index (χ0n) is 13.1. The molecule has 0 saturated carbocycles. The third-order valence-electron chi connectivity index (χ3n) is 3.84. The van der Waals surface area contributed by atoms with Gasteiger partial charge < -0.3 is 5.32 Å². The second-order valence-electron chi connectivity index (χ2n) is 5.81. The SMILES string of the molecule is CCCNCC(C(C)C)N(C)C(C)Cc1cccs1. The molecule has 0 aliphatic heterocycles. The third kappa shape index (κ3) is 5.64. The molecule has 2 atom stereocenters. The molecule has 0 aliphatic carbocycles. The quantitative estimate of drug-likeness (QED) is 0.696. The van der Waals surface area contributed by atoms with Crippen molar-refractivity contribution in [3.63, 3.8) is 0 Å². The van der Waals surface area contributed by atoms with Crippen LogP contribution in [0.1, 0.15) is 39.0 Å². The molecule has 19 heavy (non-hydrogen) atoms. The first-order valence-corrected chi connectivity index (χ1v) is 8.39. The Bertz CT molecular complexity index is 321. The normalized spacial score (nSPS) is 15.1. The van der Waals surface area contributed by atoms with Gasteiger partial charge in [0, 0.05) is 23.5 Å². The topological polar surface area (TPSA) is 15.3 Å². The van der Waals surface area contributed by atoms with Crippen molar-refractivity contribution in [3.05, 3.63) is 22.4 Å². The third-order valence-corrected chi connectivity index (χ3v) is 4.74. The van der Waals surface area contributed by atoms with E-state index in [1.165, 1.54) is 11.3 Å². The van der Waals surface area contributed by atoms with Crippen molar-refractivity contribution in [1.82, 2.24) is 10.2 Å². The lowest BCUT2D eigenvalue weighted by Crippen LogP contribution is -2.48. The van der Waals surface area contributed by atoms with Crippen LogP contribution in [-0.4, -0.2) is 37.1 Å². The van der Waals surface area contributed by atoms with Crippen molar-refractivity contribution in [1.29, 1.82) is 0 Å². The van der Waals surface area contributed by atoms with Gasteiger partial charge in [0.05, 0.1) is 0 Å². The summed E-state index contributed by atoms with van der Waals surface area (Å²) in [5, 5.41) is 5.74. The van der Waals surface area contributed by atoms with Gasteiger partial charge in [-0.2, -0.15) is 0 Å². The van der Waals surface area contributed by atoms with Crippen LogP contribution in [0.25, 0.3) is 0 Å². The molecule has 0 saturated heterocycles. The summed E-state index contributed by atoms with van der Waals surface area (Å²) >= 11 is 1.87. The van der Waals surface area contributed by atoms with E-state index in [1.54, 1.807) is 0 Å². The van der Waals surface area contributed by atoms with Crippen molar-refractivity contribution in [2.75, 3.05) is 20.1 Å². The predicted molar refractivity (Wildman–Crippen MR) is 87.0 cm³/mol. The molecule has 1 rings (SSSR count). The van der Waals surface area contributed by atoms with Crippen LogP contribution in [0.15, 0.2) is 17.5 Å². The highest BCUT2D eigenvalue weighted by atomic mass is 32.1. The maximum Gasteiger partial charge on any atom is 0.0243 e. The molecule has 0 aromatic carbocycles. The molecule has 110 valence electrons. The molecule has 0 aliphatic rings. The Hall–Kier alpha value is -0.380. The Morgan fingerprint density at radius 3 is 2.58 bits per heavy atom. The van der Waals surface area contributed by atoms with Crippen molar-refractivity contribution >= 4 is 11.3 Å². The number of hydrogen-bond donors (Lipinski definition) is 1. The largest absolute Gasteiger partial charge is 0.315 e. The van der Waals surface area contributed by atoms with E-state index >= 15 is 0 Å². The van der Waals surface area contributed by atoms with Gasteiger partial charge in [0.2, 0.25) is 0 Å². The van der Waals surface area contributed by atoms with E-state index in [-0.39, 0.29) is 0 Å². The minimum Gasteiger partial charge on any atom is -0.315 e. The van der Waals surface area contributed by atoms with Crippen LogP contribution in [0.5, 0.6) is 0 Å². The molecular weight excluding hydrogens is 252 g/mol. The van der Waals surface area contributed by atoms with Gasteiger partial charge in [-0.25, -0.2) is 0 Å². The van der Waals surface area contributed by atoms with Gasteiger partial charge in [0.25, 0.3) is 0 Å². The molecule has 1 heterocycles. The average Bonchev–Trinajstić information content (AvgIpc) is 2.86. The smallest absolute Gasteiger partial charge is 0.0243 e. The lowest BCUT2D eigenvalue weighted by molar-refractivity contribution is 0.141. The highest BCUT2D eigenvalue weighted by Crippen LogP contribution is 2.17. The number of nitrogens with zero attached hydrogens (tertiary/aromatic N) is 1. The summed E-state index contributed by atoms with van der Waals surface area (Å²) in [7, 11) is 2.27. The Balaban J connectivity index is 2.51. The number of rotatable bonds is 9. The number of nitrogens with one attached hydrogen (secondary N) is 1. The lowest BCUT2D eigenvalue weighted by Gasteiger charge is -2.36. The van der Waals surface area contributed by atoms with E-state index in [2.05, 4.69) is 62.5 Å². The van der Waals surface area contributed by atoms with Gasteiger partial charge in [-0.15, -0.1) is 11.3 Å². The summed E-state index contributed by atoms with van der Waals surface area (Å²) in [6.45, 7) is 11.4. The predicted octanol–water partition coefficient (Wildman–Crippen LogP) is 3.64. The summed E-state index contributed by atoms with van der Waals surface area (Å²) in [5.74, 6) is 0.681. The first kappa shape index (κ1) is 16.7. The van der Waals surface area contributed by atoms with Crippen LogP contribution in [-0.2, 0) is 6.42 Å². The Morgan fingerprint density at radius 2 is 2.05 bits per heavy atom. The molecule has 1 aromatic rings. The van der Waals surface area contributed by atoms with Crippen LogP contribution in [0.3, 0.4) is 0 Å². The fourth-order valence-electron chi connectivity index (χ4n) is 2.47. The van der Waals surface area contributed by atoms with Gasteiger partial charge in [0.15, 0.2) is 0 Å². The van der Waals surface area contributed by atoms with Gasteiger partial charge in [-0.1, -0.05) is 26.8 Å². The molecule has 0 bridgehead atoms. The van der Waals surface area contributed by atoms with Gasteiger partial charge >= 0.3 is 0 Å². The molecule has 0 spiro atoms. The van der Waals surface area contributed by atoms with E-state index in [0.29, 0.717) is 18.0 Å². The number of hydrogen-bond acceptors (Lipinski definition) is 3. The Kier molecular flexibility index (Phi) is 7.66. The molecule has 3 heteroatoms. The van der Waals surface area contributed by atoms with Crippen molar-refractivity contribution in [2.24, 2.45) is 5.92 Å². The molecule has 2 nitrogen and oxygen atoms in total. The van der Waals surface area contributed by atoms with E-state index < -0.39 is 0 Å². The number of likely N-dealkylation sites (N-methyl/N-ethyl adjacent to an activating group) is 1. The Morgan fingerprint density at radius 1 is 1.32 bits per heavy atom. The van der Waals surface area contributed by atoms with Crippen molar-refractivity contribution in [2.45, 2.75) is 52.6 Å². The maximum atomic E-state index is 3.57. The van der Waals surface area contributed by atoms with Gasteiger partial charge in [0.1, 0.15) is 0 Å². The van der Waals surface area contributed by atoms with E-state index in [4.69, 9.17) is 0 Å². The van der Waals surface area contributed by atoms with E-state index in [0.717, 1.165) is 19.5 Å². The van der Waals surface area contributed by atoms with Crippen LogP contribution in [0.2, 0.25) is 0 Å². The van der Waals surface area contributed by atoms with Crippen molar-refractivity contribution in [3.8, 4) is 0 Å². The average molecular weight is 282 g/mol. The molecule has 0 amide bonds. The monoisotopic (exact) mass is 282 g/mol. The summed E-state index contributed by atoms with van der Waals surface area (Å²) in [4.78, 5) is 4.04. The number of thiophene rings is 1. The zero-order chi connectivity index (χ0) is 14.3. The van der Waals surface area contributed by atoms with Crippen LogP contribution >= 0.6 is 11.3 Å². The molecule has 0 radical (unpaired) electrons. The molecule has 2 unspecified atom stereocenters. The molecule has 0 fully saturated rings. The maximum absolute atomic E-state index is 3.57. The van der Waals surface area contributed by atoms with E-state index in [9.17, 15) is 0 Å². The Labute approximate surface area is 123 Å². The van der Waals surface area contributed by atoms with Gasteiger partial charge in [-0.3, -0.25) is 4.90 Å². The molecule has 1 N–H and O–H groups in total. The second-order valence-corrected chi connectivity index (χ2v) is 6.85. The molecular formula is C16H30N2S. The van der Waals surface area contributed by atoms with Crippen LogP contribution < -0.4 is 5.32 Å². The lowest BCUT2D eigenvalue weighted by atomic mass is 10.00. The highest BCUT2D eigenvalue weighted by molar-refractivity contribution is 7.09. The minimum atomic E-state index is 0.592. The zero-order valence-corrected chi connectivity index (χ0v) is 14.0. The summed E-state index contributed by atoms with van der Waals surface area (Å²) in [5.41, 5.74) is 0. The first-order valence-electron chi connectivity index (χ1n) is 7.51. The van der Waals surface area contributed by atoms with Gasteiger partial charge in [-0.05, 0) is 50.7 Å². The molecule has 1 aromatic heterocycles. The standard InChI is InChI=1S/C16H30N2S/c1-6-9-17-12-16(13(2)3)18(5)14(4)11-15-8-7-10-19-15/h7-8,10,13-14,16-17H,6,9,11-12H2,1-5H3. The fourth-order valence-corrected chi connectivity index (χ4v) is 3.29. The minimum absolute atomic E-state index is 0.592. The van der Waals surface area contributed by atoms with Crippen LogP contribution in [0, 0.1) is 5.92 Å². The summed E-state index contributed by atoms with van der Waals surface area (Å²) in [6, 6.07) is 5.60. The summed E-state index contributed by atoms with van der Waals surface area (Å²) in [6.07, 6.45) is 2.37. The van der Waals surface area contributed by atoms with Crippen molar-refractivity contribution < 1.29 is 0 Å². The first-order chi connectivity index (χ1) is 9.06. The summed E-state index contributed by atoms with van der Waals surface area (Å²) < 4.78 is 0. The van der Waals surface area contributed by atoms with Crippen LogP contribution in [0.4, 0.5) is 0 Å². The van der Waals surface area contributed by atoms with E-state index in [1.807, 2.05) is 11.3 Å². The second kappa shape index (κ2) is 8.72. The fraction of sp³-hybridized carbons (Fsp3) is 0.750.